The van der Waals surface area contributed by atoms with Crippen LogP contribution in [0.4, 0.5) is 0 Å². The number of hydrogen-bond donors (Lipinski definition) is 2. The molecule has 0 radical (unpaired) electrons. The summed E-state index contributed by atoms with van der Waals surface area (Å²) in [6, 6.07) is 0. The quantitative estimate of drug-likeness (QED) is 0.255. The number of nitrogens with zero attached hydrogens (tertiary/aromatic N) is 1. The van der Waals surface area contributed by atoms with Crippen molar-refractivity contribution in [1.29, 1.82) is 0 Å². The average Bonchev–Trinajstić information content (AvgIpc) is 2.60. The number of aliphatic hydroxyl groups excluding tert-OH is 2. The Bertz CT molecular complexity index is 221. The van der Waals surface area contributed by atoms with E-state index in [9.17, 15) is 0 Å². The topological polar surface area (TPSA) is 62.2 Å². The summed E-state index contributed by atoms with van der Waals surface area (Å²) in [5.41, 5.74) is 0. The summed E-state index contributed by atoms with van der Waals surface area (Å²) in [6.07, 6.45) is 17.2. The summed E-state index contributed by atoms with van der Waals surface area (Å²) in [4.78, 5) is 10.5. The summed E-state index contributed by atoms with van der Waals surface area (Å²) >= 11 is 0. The predicted molar refractivity (Wildman–Crippen MR) is 98.5 cm³/mol. The van der Waals surface area contributed by atoms with Gasteiger partial charge in [-0.15, -0.1) is 0 Å². The minimum Gasteiger partial charge on any atom is -0.394 e. The zero-order chi connectivity index (χ0) is 17.7. The van der Waals surface area contributed by atoms with Crippen LogP contribution in [0.5, 0.6) is 0 Å². The van der Waals surface area contributed by atoms with E-state index in [0.717, 1.165) is 6.42 Å². The van der Waals surface area contributed by atoms with Crippen molar-refractivity contribution in [2.24, 2.45) is 0 Å². The molecular formula is C19H41NO4. The molecule has 0 bridgehead atoms. The molecule has 0 aliphatic rings. The summed E-state index contributed by atoms with van der Waals surface area (Å²) in [5.74, 6) is 0. The van der Waals surface area contributed by atoms with E-state index in [1.807, 2.05) is 0 Å². The van der Waals surface area contributed by atoms with Crippen LogP contribution in [0.15, 0.2) is 0 Å². The van der Waals surface area contributed by atoms with Crippen molar-refractivity contribution in [3.8, 4) is 0 Å². The molecular weight excluding hydrogens is 306 g/mol. The van der Waals surface area contributed by atoms with Crippen LogP contribution in [0.3, 0.4) is 0 Å². The van der Waals surface area contributed by atoms with Crippen LogP contribution in [0, 0.1) is 0 Å². The molecule has 5 nitrogen and oxygen atoms in total. The van der Waals surface area contributed by atoms with E-state index in [1.165, 1.54) is 82.3 Å². The third kappa shape index (κ3) is 18.1. The molecule has 0 aliphatic heterocycles. The van der Waals surface area contributed by atoms with Gasteiger partial charge in [0, 0.05) is 0 Å². The van der Waals surface area contributed by atoms with E-state index in [4.69, 9.17) is 19.9 Å². The molecule has 0 aliphatic carbocycles. The smallest absolute Gasteiger partial charge is 0.0942 e. The van der Waals surface area contributed by atoms with E-state index in [2.05, 4.69) is 6.92 Å². The molecule has 2 N–H and O–H groups in total. The minimum absolute atomic E-state index is 0.0302. The van der Waals surface area contributed by atoms with Gasteiger partial charge in [0.05, 0.1) is 33.0 Å². The van der Waals surface area contributed by atoms with Gasteiger partial charge >= 0.3 is 0 Å². The molecule has 0 aromatic carbocycles. The second-order valence-electron chi connectivity index (χ2n) is 6.41. The van der Waals surface area contributed by atoms with Gasteiger partial charge in [-0.25, -0.2) is 0 Å². The molecule has 0 saturated carbocycles. The van der Waals surface area contributed by atoms with Gasteiger partial charge in [0.1, 0.15) is 0 Å². The molecule has 0 spiro atoms. The Balaban J connectivity index is 3.29. The molecule has 0 fully saturated rings. The Morgan fingerprint density at radius 1 is 0.583 bits per heavy atom. The monoisotopic (exact) mass is 347 g/mol. The summed E-state index contributed by atoms with van der Waals surface area (Å²) < 4.78 is 0. The maximum absolute atomic E-state index is 8.77. The van der Waals surface area contributed by atoms with Gasteiger partial charge in [0.2, 0.25) is 0 Å². The zero-order valence-electron chi connectivity index (χ0n) is 15.9. The number of hydroxylamine groups is 2. The maximum atomic E-state index is 8.77. The van der Waals surface area contributed by atoms with Crippen molar-refractivity contribution < 1.29 is 19.9 Å². The lowest BCUT2D eigenvalue weighted by molar-refractivity contribution is -0.371. The second-order valence-corrected chi connectivity index (χ2v) is 6.41. The van der Waals surface area contributed by atoms with Gasteiger partial charge in [0.25, 0.3) is 0 Å². The van der Waals surface area contributed by atoms with Gasteiger partial charge in [0.15, 0.2) is 0 Å². The first-order valence-electron chi connectivity index (χ1n) is 10.1. The standard InChI is InChI=1S/C19H41NO4/c1-2-3-4-5-6-7-8-9-10-11-12-13-14-15-20(23-18-16-21)24-19-17-22/h21-22H,2-19H2,1H3. The first-order valence-corrected chi connectivity index (χ1v) is 10.1. The molecule has 146 valence electrons. The number of rotatable bonds is 20. The van der Waals surface area contributed by atoms with Gasteiger partial charge in [-0.2, -0.15) is 0 Å². The van der Waals surface area contributed by atoms with Gasteiger partial charge in [-0.05, 0) is 6.42 Å². The maximum Gasteiger partial charge on any atom is 0.0942 e. The van der Waals surface area contributed by atoms with Crippen LogP contribution in [0.25, 0.3) is 0 Å². The summed E-state index contributed by atoms with van der Waals surface area (Å²) in [6.45, 7) is 3.34. The molecule has 0 saturated heterocycles. The largest absolute Gasteiger partial charge is 0.394 e. The molecule has 5 heteroatoms. The predicted octanol–water partition coefficient (Wildman–Crippen LogP) is 4.23. The van der Waals surface area contributed by atoms with Crippen molar-refractivity contribution in [3.05, 3.63) is 0 Å². The second kappa shape index (κ2) is 20.8. The highest BCUT2D eigenvalue weighted by atomic mass is 16.9. The van der Waals surface area contributed by atoms with E-state index >= 15 is 0 Å². The fraction of sp³-hybridized carbons (Fsp3) is 1.00. The Labute approximate surface area is 149 Å². The van der Waals surface area contributed by atoms with E-state index < -0.39 is 0 Å². The van der Waals surface area contributed by atoms with Crippen LogP contribution < -0.4 is 0 Å². The normalized spacial score (nSPS) is 11.5. The van der Waals surface area contributed by atoms with Crippen molar-refractivity contribution in [1.82, 2.24) is 5.23 Å². The van der Waals surface area contributed by atoms with Gasteiger partial charge in [-0.3, -0.25) is 9.68 Å². The first kappa shape index (κ1) is 23.8. The summed E-state index contributed by atoms with van der Waals surface area (Å²) in [5, 5.41) is 18.9. The Kier molecular flexibility index (Phi) is 20.7. The van der Waals surface area contributed by atoms with Crippen molar-refractivity contribution in [2.75, 3.05) is 33.0 Å². The highest BCUT2D eigenvalue weighted by molar-refractivity contribution is 4.49. The van der Waals surface area contributed by atoms with Crippen molar-refractivity contribution in [3.63, 3.8) is 0 Å². The number of aliphatic hydroxyl groups is 2. The fourth-order valence-electron chi connectivity index (χ4n) is 2.71. The van der Waals surface area contributed by atoms with Crippen molar-refractivity contribution >= 4 is 0 Å². The third-order valence-electron chi connectivity index (χ3n) is 4.10. The molecule has 0 unspecified atom stereocenters. The Morgan fingerprint density at radius 3 is 1.33 bits per heavy atom. The van der Waals surface area contributed by atoms with E-state index in [-0.39, 0.29) is 26.4 Å². The lowest BCUT2D eigenvalue weighted by atomic mass is 10.0. The van der Waals surface area contributed by atoms with Gasteiger partial charge < -0.3 is 10.2 Å². The zero-order valence-corrected chi connectivity index (χ0v) is 15.9. The van der Waals surface area contributed by atoms with Crippen molar-refractivity contribution in [2.45, 2.75) is 90.4 Å². The molecule has 0 rings (SSSR count). The van der Waals surface area contributed by atoms with Crippen LogP contribution in [-0.4, -0.2) is 48.4 Å². The lowest BCUT2D eigenvalue weighted by Gasteiger charge is -2.20. The Hall–Kier alpha value is -0.200. The minimum atomic E-state index is -0.0302. The fourth-order valence-corrected chi connectivity index (χ4v) is 2.71. The van der Waals surface area contributed by atoms with E-state index in [0.29, 0.717) is 6.54 Å². The Morgan fingerprint density at radius 2 is 0.958 bits per heavy atom. The highest BCUT2D eigenvalue weighted by Gasteiger charge is 2.05. The molecule has 0 amide bonds. The van der Waals surface area contributed by atoms with Gasteiger partial charge in [-0.1, -0.05) is 89.2 Å². The van der Waals surface area contributed by atoms with Crippen LogP contribution >= 0.6 is 0 Å². The van der Waals surface area contributed by atoms with Crippen LogP contribution in [-0.2, 0) is 9.68 Å². The van der Waals surface area contributed by atoms with E-state index in [1.54, 1.807) is 0 Å². The molecule has 0 aromatic heterocycles. The lowest BCUT2D eigenvalue weighted by Crippen LogP contribution is -2.28. The third-order valence-corrected chi connectivity index (χ3v) is 4.10. The van der Waals surface area contributed by atoms with Crippen LogP contribution in [0.2, 0.25) is 0 Å². The first-order chi connectivity index (χ1) is 11.8. The number of hydrogen-bond acceptors (Lipinski definition) is 5. The highest BCUT2D eigenvalue weighted by Crippen LogP contribution is 2.12. The SMILES string of the molecule is CCCCCCCCCCCCCCCN(OCCO)OCCO. The molecule has 24 heavy (non-hydrogen) atoms. The number of unbranched alkanes of at least 4 members (excludes halogenated alkanes) is 12. The molecule has 0 heterocycles. The molecule has 0 atom stereocenters. The molecule has 0 aromatic rings. The average molecular weight is 348 g/mol. The van der Waals surface area contributed by atoms with Crippen LogP contribution in [0.1, 0.15) is 90.4 Å². The summed E-state index contributed by atoms with van der Waals surface area (Å²) in [7, 11) is 0.